The lowest BCUT2D eigenvalue weighted by molar-refractivity contribution is 0.0735. The molecule has 2 atom stereocenters. The third kappa shape index (κ3) is 3.96. The number of benzene rings is 1. The van der Waals surface area contributed by atoms with E-state index in [1.807, 2.05) is 7.05 Å². The lowest BCUT2D eigenvalue weighted by Gasteiger charge is -2.34. The molecule has 1 aromatic rings. The Kier molecular flexibility index (Phi) is 5.72. The van der Waals surface area contributed by atoms with Gasteiger partial charge < -0.3 is 4.90 Å². The lowest BCUT2D eigenvalue weighted by atomic mass is 9.94. The molecule has 2 fully saturated rings. The highest BCUT2D eigenvalue weighted by molar-refractivity contribution is 7.89. The van der Waals surface area contributed by atoms with Crippen LogP contribution in [0.25, 0.3) is 0 Å². The molecule has 1 aromatic carbocycles. The van der Waals surface area contributed by atoms with E-state index in [-0.39, 0.29) is 16.8 Å². The molecule has 5 nitrogen and oxygen atoms in total. The van der Waals surface area contributed by atoms with Crippen molar-refractivity contribution < 1.29 is 13.2 Å². The van der Waals surface area contributed by atoms with E-state index in [1.54, 1.807) is 33.5 Å². The summed E-state index contributed by atoms with van der Waals surface area (Å²) in [7, 11) is -1.74. The Bertz CT molecular complexity index is 746. The van der Waals surface area contributed by atoms with Gasteiger partial charge in [-0.3, -0.25) is 4.79 Å². The Morgan fingerprint density at radius 2 is 1.73 bits per heavy atom. The van der Waals surface area contributed by atoms with Crippen molar-refractivity contribution in [2.24, 2.45) is 11.8 Å². The zero-order valence-corrected chi connectivity index (χ0v) is 16.8. The van der Waals surface area contributed by atoms with Crippen molar-refractivity contribution in [2.75, 3.05) is 20.1 Å². The summed E-state index contributed by atoms with van der Waals surface area (Å²) < 4.78 is 27.7. The molecule has 6 heteroatoms. The molecule has 144 valence electrons. The zero-order chi connectivity index (χ0) is 18.9. The maximum absolute atomic E-state index is 13.1. The van der Waals surface area contributed by atoms with E-state index in [2.05, 4.69) is 13.8 Å². The molecule has 1 saturated heterocycles. The van der Waals surface area contributed by atoms with E-state index in [0.717, 1.165) is 32.1 Å². The molecular weight excluding hydrogens is 348 g/mol. The zero-order valence-electron chi connectivity index (χ0n) is 16.0. The van der Waals surface area contributed by atoms with E-state index in [0.29, 0.717) is 30.5 Å². The maximum atomic E-state index is 13.1. The number of hydrogen-bond donors (Lipinski definition) is 0. The predicted octanol–water partition coefficient (Wildman–Crippen LogP) is 3.37. The summed E-state index contributed by atoms with van der Waals surface area (Å²) in [6, 6.07) is 6.82. The van der Waals surface area contributed by atoms with Crippen LogP contribution in [0.3, 0.4) is 0 Å². The minimum absolute atomic E-state index is 0.0886. The summed E-state index contributed by atoms with van der Waals surface area (Å²) in [4.78, 5) is 14.8. The second-order valence-electron chi connectivity index (χ2n) is 8.15. The Labute approximate surface area is 157 Å². The summed E-state index contributed by atoms with van der Waals surface area (Å²) in [6.07, 6.45) is 5.42. The standard InChI is InChI=1S/C20H30N2O3S/c1-15-11-16(2)14-22(13-15)26(24,25)19-10-6-7-17(12-19)20(23)21(3)18-8-4-5-9-18/h6-7,10,12,15-16,18H,4-5,8-9,11,13-14H2,1-3H3. The molecule has 2 aliphatic rings. The molecule has 1 aliphatic carbocycles. The second-order valence-corrected chi connectivity index (χ2v) is 10.1. The fraction of sp³-hybridized carbons (Fsp3) is 0.650. The molecule has 2 unspecified atom stereocenters. The molecule has 1 amide bonds. The van der Waals surface area contributed by atoms with E-state index in [9.17, 15) is 13.2 Å². The minimum Gasteiger partial charge on any atom is -0.339 e. The van der Waals surface area contributed by atoms with Crippen LogP contribution in [0.15, 0.2) is 29.2 Å². The normalized spacial score (nSPS) is 25.3. The first-order chi connectivity index (χ1) is 12.3. The Balaban J connectivity index is 1.83. The highest BCUT2D eigenvalue weighted by Gasteiger charge is 2.32. The fourth-order valence-electron chi connectivity index (χ4n) is 4.40. The average Bonchev–Trinajstić information content (AvgIpc) is 3.14. The quantitative estimate of drug-likeness (QED) is 0.807. The number of sulfonamides is 1. The predicted molar refractivity (Wildman–Crippen MR) is 102 cm³/mol. The Hall–Kier alpha value is -1.40. The number of amides is 1. The summed E-state index contributed by atoms with van der Waals surface area (Å²) in [5.41, 5.74) is 0.457. The van der Waals surface area contributed by atoms with Crippen LogP contribution < -0.4 is 0 Å². The van der Waals surface area contributed by atoms with E-state index < -0.39 is 10.0 Å². The van der Waals surface area contributed by atoms with Crippen LogP contribution in [0.5, 0.6) is 0 Å². The van der Waals surface area contributed by atoms with Crippen LogP contribution >= 0.6 is 0 Å². The number of nitrogens with zero attached hydrogens (tertiary/aromatic N) is 2. The van der Waals surface area contributed by atoms with Gasteiger partial charge in [-0.1, -0.05) is 32.8 Å². The molecule has 0 radical (unpaired) electrons. The summed E-state index contributed by atoms with van der Waals surface area (Å²) >= 11 is 0. The molecule has 0 N–H and O–H groups in total. The molecule has 1 heterocycles. The third-order valence-corrected chi connectivity index (χ3v) is 7.57. The number of hydrogen-bond acceptors (Lipinski definition) is 3. The molecule has 0 spiro atoms. The van der Waals surface area contributed by atoms with Gasteiger partial charge in [-0.25, -0.2) is 8.42 Å². The van der Waals surface area contributed by atoms with Gasteiger partial charge in [0.15, 0.2) is 0 Å². The van der Waals surface area contributed by atoms with Gasteiger partial charge in [0, 0.05) is 31.7 Å². The van der Waals surface area contributed by atoms with Crippen molar-refractivity contribution in [2.45, 2.75) is 56.9 Å². The van der Waals surface area contributed by atoms with Gasteiger partial charge in [-0.05, 0) is 49.3 Å². The minimum atomic E-state index is -3.57. The first-order valence-electron chi connectivity index (χ1n) is 9.66. The van der Waals surface area contributed by atoms with Gasteiger partial charge in [0.25, 0.3) is 5.91 Å². The van der Waals surface area contributed by atoms with Crippen molar-refractivity contribution in [1.82, 2.24) is 9.21 Å². The summed E-state index contributed by atoms with van der Waals surface area (Å²) in [5.74, 6) is 0.619. The third-order valence-electron chi connectivity index (χ3n) is 5.75. The monoisotopic (exact) mass is 378 g/mol. The lowest BCUT2D eigenvalue weighted by Crippen LogP contribution is -2.42. The van der Waals surface area contributed by atoms with Crippen LogP contribution in [0, 0.1) is 11.8 Å². The van der Waals surface area contributed by atoms with Crippen molar-refractivity contribution in [3.63, 3.8) is 0 Å². The molecule has 1 aliphatic heterocycles. The fourth-order valence-corrected chi connectivity index (χ4v) is 6.13. The van der Waals surface area contributed by atoms with Gasteiger partial charge in [0.1, 0.15) is 0 Å². The van der Waals surface area contributed by atoms with Crippen molar-refractivity contribution in [3.05, 3.63) is 29.8 Å². The molecule has 26 heavy (non-hydrogen) atoms. The smallest absolute Gasteiger partial charge is 0.253 e. The molecule has 1 saturated carbocycles. The summed E-state index contributed by atoms with van der Waals surface area (Å²) in [6.45, 7) is 5.28. The largest absolute Gasteiger partial charge is 0.339 e. The molecule has 0 aromatic heterocycles. The van der Waals surface area contributed by atoms with Crippen molar-refractivity contribution in [3.8, 4) is 0 Å². The SMILES string of the molecule is CC1CC(C)CN(S(=O)(=O)c2cccc(C(=O)N(C)C3CCCC3)c2)C1. The highest BCUT2D eigenvalue weighted by Crippen LogP contribution is 2.28. The van der Waals surface area contributed by atoms with Crippen molar-refractivity contribution in [1.29, 1.82) is 0 Å². The van der Waals surface area contributed by atoms with E-state index in [4.69, 9.17) is 0 Å². The van der Waals surface area contributed by atoms with Gasteiger partial charge >= 0.3 is 0 Å². The van der Waals surface area contributed by atoms with Crippen molar-refractivity contribution >= 4 is 15.9 Å². The van der Waals surface area contributed by atoms with Gasteiger partial charge in [-0.15, -0.1) is 0 Å². The van der Waals surface area contributed by atoms with Crippen LogP contribution in [-0.2, 0) is 10.0 Å². The number of carbonyl (C=O) groups excluding carboxylic acids is 1. The molecular formula is C20H30N2O3S. The van der Waals surface area contributed by atoms with Crippen LogP contribution in [-0.4, -0.2) is 49.7 Å². The number of carbonyl (C=O) groups is 1. The summed E-state index contributed by atoms with van der Waals surface area (Å²) in [5, 5.41) is 0. The number of piperidine rings is 1. The van der Waals surface area contributed by atoms with Crippen LogP contribution in [0.1, 0.15) is 56.3 Å². The Morgan fingerprint density at radius 1 is 1.12 bits per heavy atom. The van der Waals surface area contributed by atoms with E-state index >= 15 is 0 Å². The van der Waals surface area contributed by atoms with E-state index in [1.165, 1.54) is 0 Å². The first-order valence-corrected chi connectivity index (χ1v) is 11.1. The van der Waals surface area contributed by atoms with Gasteiger partial charge in [0.05, 0.1) is 4.90 Å². The topological polar surface area (TPSA) is 57.7 Å². The average molecular weight is 379 g/mol. The second kappa shape index (κ2) is 7.69. The molecule has 3 rings (SSSR count). The number of rotatable bonds is 4. The Morgan fingerprint density at radius 3 is 2.35 bits per heavy atom. The van der Waals surface area contributed by atoms with Gasteiger partial charge in [-0.2, -0.15) is 4.31 Å². The first kappa shape index (κ1) is 19.4. The van der Waals surface area contributed by atoms with Crippen LogP contribution in [0.4, 0.5) is 0 Å². The molecule has 0 bridgehead atoms. The maximum Gasteiger partial charge on any atom is 0.253 e. The highest BCUT2D eigenvalue weighted by atomic mass is 32.2. The van der Waals surface area contributed by atoms with Crippen LogP contribution in [0.2, 0.25) is 0 Å². The van der Waals surface area contributed by atoms with Gasteiger partial charge in [0.2, 0.25) is 10.0 Å².